The van der Waals surface area contributed by atoms with E-state index < -0.39 is 22.5 Å². The summed E-state index contributed by atoms with van der Waals surface area (Å²) in [6.07, 6.45) is 0. The van der Waals surface area contributed by atoms with E-state index in [2.05, 4.69) is 16.0 Å². The Bertz CT molecular complexity index is 625. The fourth-order valence-electron chi connectivity index (χ4n) is 1.33. The molecule has 0 heterocycles. The monoisotopic (exact) mass is 317 g/mol. The molecule has 7 heteroatoms. The lowest BCUT2D eigenvalue weighted by Crippen LogP contribution is -2.31. The van der Waals surface area contributed by atoms with Crippen LogP contribution in [0.4, 0.5) is 0 Å². The minimum atomic E-state index is -3.74. The van der Waals surface area contributed by atoms with Crippen molar-refractivity contribution in [2.24, 2.45) is 0 Å². The number of rotatable bonds is 6. The highest BCUT2D eigenvalue weighted by atomic mass is 35.5. The van der Waals surface area contributed by atoms with Gasteiger partial charge >= 0.3 is 5.97 Å². The largest absolute Gasteiger partial charge is 0.459 e. The molecule has 110 valence electrons. The first kappa shape index (κ1) is 16.7. The summed E-state index contributed by atoms with van der Waals surface area (Å²) in [6, 6.07) is 4.74. The van der Waals surface area contributed by atoms with Gasteiger partial charge in [0.2, 0.25) is 10.0 Å². The van der Waals surface area contributed by atoms with Gasteiger partial charge in [-0.25, -0.2) is 8.42 Å². The summed E-state index contributed by atoms with van der Waals surface area (Å²) in [5, 5.41) is 0.162. The summed E-state index contributed by atoms with van der Waals surface area (Å²) >= 11 is 5.43. The van der Waals surface area contributed by atoms with Crippen LogP contribution in [-0.4, -0.2) is 27.5 Å². The molecule has 0 aliphatic rings. The molecule has 0 aromatic heterocycles. The molecule has 1 N–H and O–H groups in total. The number of carbonyl (C=O) groups excluding carboxylic acids is 1. The van der Waals surface area contributed by atoms with Gasteiger partial charge < -0.3 is 4.74 Å². The van der Waals surface area contributed by atoms with Gasteiger partial charge in [-0.2, -0.15) is 4.72 Å². The van der Waals surface area contributed by atoms with Crippen molar-refractivity contribution in [2.75, 3.05) is 13.2 Å². The number of hydrogen-bond acceptors (Lipinski definition) is 4. The van der Waals surface area contributed by atoms with E-state index in [1.807, 2.05) is 13.8 Å². The lowest BCUT2D eigenvalue weighted by Gasteiger charge is -2.08. The minimum absolute atomic E-state index is 0.107. The Morgan fingerprint density at radius 2 is 2.00 bits per heavy atom. The second kappa shape index (κ2) is 6.88. The number of nitrogens with one attached hydrogen (secondary N) is 1. The summed E-state index contributed by atoms with van der Waals surface area (Å²) in [5.41, 5.74) is 1.85. The predicted octanol–water partition coefficient (Wildman–Crippen LogP) is 1.88. The third-order valence-electron chi connectivity index (χ3n) is 2.58. The first-order valence-corrected chi connectivity index (χ1v) is 7.64. The van der Waals surface area contributed by atoms with E-state index in [0.29, 0.717) is 0 Å². The molecule has 0 saturated heterocycles. The molecule has 5 nitrogen and oxygen atoms in total. The number of ether oxygens (including phenoxy) is 1. The maximum Gasteiger partial charge on any atom is 0.321 e. The average Bonchev–Trinajstić information content (AvgIpc) is 2.37. The SMILES string of the molecule is C=C(Cl)COC(=O)CNS(=O)(=O)c1ccc(C)c(C)c1. The van der Waals surface area contributed by atoms with Crippen LogP contribution in [0.3, 0.4) is 0 Å². The van der Waals surface area contributed by atoms with E-state index >= 15 is 0 Å². The van der Waals surface area contributed by atoms with Gasteiger partial charge in [-0.1, -0.05) is 24.2 Å². The minimum Gasteiger partial charge on any atom is -0.459 e. The molecule has 0 aliphatic carbocycles. The zero-order chi connectivity index (χ0) is 15.3. The van der Waals surface area contributed by atoms with E-state index in [0.717, 1.165) is 11.1 Å². The molecule has 1 rings (SSSR count). The Morgan fingerprint density at radius 3 is 2.55 bits per heavy atom. The zero-order valence-electron chi connectivity index (χ0n) is 11.3. The first-order valence-electron chi connectivity index (χ1n) is 5.78. The first-order chi connectivity index (χ1) is 9.22. The summed E-state index contributed by atoms with van der Waals surface area (Å²) in [7, 11) is -3.74. The summed E-state index contributed by atoms with van der Waals surface area (Å²) in [4.78, 5) is 11.4. The van der Waals surface area contributed by atoms with Crippen molar-refractivity contribution in [3.63, 3.8) is 0 Å². The lowest BCUT2D eigenvalue weighted by atomic mass is 10.1. The molecule has 1 aromatic carbocycles. The van der Waals surface area contributed by atoms with Crippen molar-refractivity contribution in [3.8, 4) is 0 Å². The Balaban J connectivity index is 2.68. The van der Waals surface area contributed by atoms with Gasteiger partial charge in [0, 0.05) is 5.03 Å². The van der Waals surface area contributed by atoms with Crippen LogP contribution in [0.25, 0.3) is 0 Å². The van der Waals surface area contributed by atoms with Crippen molar-refractivity contribution in [3.05, 3.63) is 40.9 Å². The number of sulfonamides is 1. The van der Waals surface area contributed by atoms with E-state index in [1.165, 1.54) is 6.07 Å². The molecule has 0 fully saturated rings. The van der Waals surface area contributed by atoms with Gasteiger partial charge in [0.1, 0.15) is 13.2 Å². The smallest absolute Gasteiger partial charge is 0.321 e. The maximum absolute atomic E-state index is 12.0. The Labute approximate surface area is 123 Å². The molecule has 0 aliphatic heterocycles. The number of halogens is 1. The average molecular weight is 318 g/mol. The molecular formula is C13H16ClNO4S. The molecule has 1 aromatic rings. The van der Waals surface area contributed by atoms with Gasteiger partial charge in [0.05, 0.1) is 4.90 Å². The molecule has 0 unspecified atom stereocenters. The number of benzene rings is 1. The Kier molecular flexibility index (Phi) is 5.74. The van der Waals surface area contributed by atoms with Crippen LogP contribution in [0.15, 0.2) is 34.7 Å². The lowest BCUT2D eigenvalue weighted by molar-refractivity contribution is -0.141. The quantitative estimate of drug-likeness (QED) is 0.813. The van der Waals surface area contributed by atoms with Crippen molar-refractivity contribution in [1.82, 2.24) is 4.72 Å². The molecule has 0 amide bonds. The molecule has 0 saturated carbocycles. The van der Waals surface area contributed by atoms with Crippen LogP contribution >= 0.6 is 11.6 Å². The van der Waals surface area contributed by atoms with Crippen LogP contribution in [0, 0.1) is 13.8 Å². The van der Waals surface area contributed by atoms with Crippen LogP contribution in [0.1, 0.15) is 11.1 Å². The fourth-order valence-corrected chi connectivity index (χ4v) is 2.44. The highest BCUT2D eigenvalue weighted by Crippen LogP contribution is 2.14. The number of esters is 1. The molecule has 0 spiro atoms. The van der Waals surface area contributed by atoms with Crippen molar-refractivity contribution in [2.45, 2.75) is 18.7 Å². The van der Waals surface area contributed by atoms with Gasteiger partial charge in [0.15, 0.2) is 0 Å². The number of hydrogen-bond donors (Lipinski definition) is 1. The normalized spacial score (nSPS) is 11.2. The molecule has 0 atom stereocenters. The highest BCUT2D eigenvalue weighted by Gasteiger charge is 2.16. The molecular weight excluding hydrogens is 302 g/mol. The summed E-state index contributed by atoms with van der Waals surface area (Å²) in [5.74, 6) is -0.723. The zero-order valence-corrected chi connectivity index (χ0v) is 12.8. The van der Waals surface area contributed by atoms with Crippen molar-refractivity contribution >= 4 is 27.6 Å². The van der Waals surface area contributed by atoms with Crippen LogP contribution in [-0.2, 0) is 19.6 Å². The second-order valence-electron chi connectivity index (χ2n) is 4.25. The number of carbonyl (C=O) groups is 1. The van der Waals surface area contributed by atoms with E-state index in [4.69, 9.17) is 11.6 Å². The Hall–Kier alpha value is -1.37. The van der Waals surface area contributed by atoms with Crippen LogP contribution in [0.2, 0.25) is 0 Å². The van der Waals surface area contributed by atoms with Gasteiger partial charge in [0.25, 0.3) is 0 Å². The van der Waals surface area contributed by atoms with Gasteiger partial charge in [-0.3, -0.25) is 4.79 Å². The standard InChI is InChI=1S/C13H16ClNO4S/c1-9-4-5-12(6-10(9)2)20(17,18)15-7-13(16)19-8-11(3)14/h4-6,15H,3,7-8H2,1-2H3. The summed E-state index contributed by atoms with van der Waals surface area (Å²) < 4.78 is 30.8. The maximum atomic E-state index is 12.0. The van der Waals surface area contributed by atoms with Crippen molar-refractivity contribution in [1.29, 1.82) is 0 Å². The number of aryl methyl sites for hydroxylation is 2. The summed E-state index contributed by atoms with van der Waals surface area (Å²) in [6.45, 7) is 6.44. The topological polar surface area (TPSA) is 72.5 Å². The predicted molar refractivity (Wildman–Crippen MR) is 77.1 cm³/mol. The third-order valence-corrected chi connectivity index (χ3v) is 4.09. The van der Waals surface area contributed by atoms with E-state index in [-0.39, 0.29) is 16.5 Å². The molecule has 20 heavy (non-hydrogen) atoms. The molecule has 0 radical (unpaired) electrons. The molecule has 0 bridgehead atoms. The van der Waals surface area contributed by atoms with Crippen LogP contribution < -0.4 is 4.72 Å². The second-order valence-corrected chi connectivity index (χ2v) is 6.55. The van der Waals surface area contributed by atoms with E-state index in [1.54, 1.807) is 12.1 Å². The van der Waals surface area contributed by atoms with Gasteiger partial charge in [-0.05, 0) is 37.1 Å². The van der Waals surface area contributed by atoms with Crippen molar-refractivity contribution < 1.29 is 17.9 Å². The van der Waals surface area contributed by atoms with Gasteiger partial charge in [-0.15, -0.1) is 0 Å². The highest BCUT2D eigenvalue weighted by molar-refractivity contribution is 7.89. The third kappa shape index (κ3) is 4.96. The van der Waals surface area contributed by atoms with E-state index in [9.17, 15) is 13.2 Å². The fraction of sp³-hybridized carbons (Fsp3) is 0.308. The Morgan fingerprint density at radius 1 is 1.35 bits per heavy atom. The van der Waals surface area contributed by atoms with Crippen LogP contribution in [0.5, 0.6) is 0 Å².